The minimum atomic E-state index is -0.520. The summed E-state index contributed by atoms with van der Waals surface area (Å²) in [5, 5.41) is 17.3. The van der Waals surface area contributed by atoms with Gasteiger partial charge in [0.15, 0.2) is 11.6 Å². The van der Waals surface area contributed by atoms with E-state index in [2.05, 4.69) is 41.0 Å². The number of rotatable bonds is 5. The molecule has 0 saturated heterocycles. The molecular weight excluding hydrogens is 240 g/mol. The molecule has 10 heteroatoms. The predicted octanol–water partition coefficient (Wildman–Crippen LogP) is -1.83. The Morgan fingerprint density at radius 3 is 1.72 bits per heavy atom. The van der Waals surface area contributed by atoms with Crippen molar-refractivity contribution in [1.82, 2.24) is 30.4 Å². The van der Waals surface area contributed by atoms with E-state index in [1.807, 2.05) is 0 Å². The number of aromatic amines is 2. The van der Waals surface area contributed by atoms with Crippen LogP contribution in [-0.4, -0.2) is 43.5 Å². The van der Waals surface area contributed by atoms with Crippen molar-refractivity contribution < 1.29 is 0 Å². The second-order valence-electron chi connectivity index (χ2n) is 3.20. The van der Waals surface area contributed by atoms with Crippen molar-refractivity contribution in [1.29, 1.82) is 0 Å². The first-order valence-corrected chi connectivity index (χ1v) is 5.05. The number of H-pyrrole nitrogens is 2. The van der Waals surface area contributed by atoms with Gasteiger partial charge in [-0.2, -0.15) is 20.2 Å². The standard InChI is InChI=1S/C8H10N8O2/c17-7-13-5(3-11-15-7)9-1-2-10-6-4-12-16-8(18)14-6/h3-4H,1-2H2,(H2,9,13,15,17)(H2,10,14,16,18). The van der Waals surface area contributed by atoms with Gasteiger partial charge in [-0.3, -0.25) is 0 Å². The first kappa shape index (κ1) is 11.7. The molecule has 2 aromatic rings. The quantitative estimate of drug-likeness (QED) is 0.454. The molecule has 0 bridgehead atoms. The highest BCUT2D eigenvalue weighted by molar-refractivity contribution is 5.32. The molecule has 0 saturated carbocycles. The average Bonchev–Trinajstić information content (AvgIpc) is 2.35. The van der Waals surface area contributed by atoms with E-state index in [4.69, 9.17) is 0 Å². The highest BCUT2D eigenvalue weighted by atomic mass is 16.1. The normalized spacial score (nSPS) is 10.0. The average molecular weight is 250 g/mol. The molecule has 2 heterocycles. The van der Waals surface area contributed by atoms with Gasteiger partial charge in [-0.15, -0.1) is 0 Å². The Morgan fingerprint density at radius 2 is 1.33 bits per heavy atom. The number of nitrogens with zero attached hydrogens (tertiary/aromatic N) is 4. The van der Waals surface area contributed by atoms with Crippen LogP contribution in [0.5, 0.6) is 0 Å². The van der Waals surface area contributed by atoms with Gasteiger partial charge in [0.05, 0.1) is 12.4 Å². The second kappa shape index (κ2) is 5.52. The zero-order valence-corrected chi connectivity index (χ0v) is 9.17. The van der Waals surface area contributed by atoms with Crippen LogP contribution in [0.1, 0.15) is 0 Å². The number of hydrogen-bond donors (Lipinski definition) is 4. The third-order valence-corrected chi connectivity index (χ3v) is 1.88. The summed E-state index contributed by atoms with van der Waals surface area (Å²) in [6.45, 7) is 0.958. The van der Waals surface area contributed by atoms with Crippen LogP contribution in [0, 0.1) is 0 Å². The van der Waals surface area contributed by atoms with Crippen molar-refractivity contribution in [2.75, 3.05) is 23.7 Å². The van der Waals surface area contributed by atoms with Gasteiger partial charge in [-0.25, -0.2) is 19.8 Å². The topological polar surface area (TPSA) is 141 Å². The molecule has 2 rings (SSSR count). The Hall–Kier alpha value is -2.78. The van der Waals surface area contributed by atoms with E-state index in [0.717, 1.165) is 0 Å². The third-order valence-electron chi connectivity index (χ3n) is 1.88. The van der Waals surface area contributed by atoms with Crippen LogP contribution in [0.2, 0.25) is 0 Å². The van der Waals surface area contributed by atoms with E-state index in [-0.39, 0.29) is 0 Å². The van der Waals surface area contributed by atoms with Crippen LogP contribution in [0.25, 0.3) is 0 Å². The minimum Gasteiger partial charge on any atom is -0.367 e. The number of nitrogens with one attached hydrogen (secondary N) is 4. The zero-order valence-electron chi connectivity index (χ0n) is 9.17. The smallest absolute Gasteiger partial charge is 0.363 e. The lowest BCUT2D eigenvalue weighted by Gasteiger charge is -2.05. The van der Waals surface area contributed by atoms with E-state index in [1.54, 1.807) is 0 Å². The maximum atomic E-state index is 10.8. The van der Waals surface area contributed by atoms with Gasteiger partial charge in [0.25, 0.3) is 0 Å². The van der Waals surface area contributed by atoms with Crippen molar-refractivity contribution in [2.24, 2.45) is 0 Å². The fourth-order valence-electron chi connectivity index (χ4n) is 1.18. The molecule has 4 N–H and O–H groups in total. The molecule has 0 spiro atoms. The maximum absolute atomic E-state index is 10.8. The molecular formula is C8H10N8O2. The largest absolute Gasteiger partial charge is 0.367 e. The Labute approximate surface area is 99.9 Å². The lowest BCUT2D eigenvalue weighted by molar-refractivity contribution is 0.896. The second-order valence-corrected chi connectivity index (χ2v) is 3.20. The van der Waals surface area contributed by atoms with Gasteiger partial charge in [0.1, 0.15) is 0 Å². The van der Waals surface area contributed by atoms with Crippen molar-refractivity contribution in [2.45, 2.75) is 0 Å². The summed E-state index contributed by atoms with van der Waals surface area (Å²) in [5.74, 6) is 0.745. The van der Waals surface area contributed by atoms with Gasteiger partial charge >= 0.3 is 11.4 Å². The molecule has 0 aliphatic rings. The van der Waals surface area contributed by atoms with Crippen LogP contribution in [0.3, 0.4) is 0 Å². The summed E-state index contributed by atoms with van der Waals surface area (Å²) in [6, 6.07) is 0. The number of aromatic nitrogens is 6. The van der Waals surface area contributed by atoms with Gasteiger partial charge in [-0.05, 0) is 0 Å². The van der Waals surface area contributed by atoms with Crippen LogP contribution >= 0.6 is 0 Å². The monoisotopic (exact) mass is 250 g/mol. The first-order chi connectivity index (χ1) is 8.74. The maximum Gasteiger partial charge on any atom is 0.363 e. The summed E-state index contributed by atoms with van der Waals surface area (Å²) >= 11 is 0. The Kier molecular flexibility index (Phi) is 3.59. The summed E-state index contributed by atoms with van der Waals surface area (Å²) in [6.07, 6.45) is 2.79. The fraction of sp³-hybridized carbons (Fsp3) is 0.250. The Balaban J connectivity index is 1.80. The number of hydrogen-bond acceptors (Lipinski definition) is 8. The van der Waals surface area contributed by atoms with Crippen LogP contribution in [0.15, 0.2) is 22.0 Å². The SMILES string of the molecule is O=c1nc(NCCNc2cn[nH]c(=O)n2)cn[nH]1. The van der Waals surface area contributed by atoms with Crippen molar-refractivity contribution in [3.63, 3.8) is 0 Å². The lowest BCUT2D eigenvalue weighted by atomic mass is 10.5. The number of anilines is 2. The summed E-state index contributed by atoms with van der Waals surface area (Å²) in [7, 11) is 0. The Morgan fingerprint density at radius 1 is 0.889 bits per heavy atom. The highest BCUT2D eigenvalue weighted by Gasteiger charge is 1.96. The third kappa shape index (κ3) is 3.37. The van der Waals surface area contributed by atoms with E-state index in [9.17, 15) is 9.59 Å². The zero-order chi connectivity index (χ0) is 12.8. The molecule has 0 aliphatic heterocycles. The minimum absolute atomic E-state index is 0.373. The van der Waals surface area contributed by atoms with E-state index in [1.165, 1.54) is 12.4 Å². The van der Waals surface area contributed by atoms with Gasteiger partial charge in [-0.1, -0.05) is 0 Å². The molecule has 0 atom stereocenters. The van der Waals surface area contributed by atoms with Crippen LogP contribution < -0.4 is 22.0 Å². The van der Waals surface area contributed by atoms with Gasteiger partial charge in [0, 0.05) is 13.1 Å². The lowest BCUT2D eigenvalue weighted by Crippen LogP contribution is -2.20. The predicted molar refractivity (Wildman–Crippen MR) is 62.3 cm³/mol. The fourth-order valence-corrected chi connectivity index (χ4v) is 1.18. The molecule has 2 aromatic heterocycles. The van der Waals surface area contributed by atoms with E-state index in [0.29, 0.717) is 24.7 Å². The molecule has 0 fully saturated rings. The van der Waals surface area contributed by atoms with Crippen molar-refractivity contribution >= 4 is 11.6 Å². The molecule has 10 nitrogen and oxygen atoms in total. The van der Waals surface area contributed by atoms with Crippen LogP contribution in [0.4, 0.5) is 11.6 Å². The molecule has 18 heavy (non-hydrogen) atoms. The molecule has 94 valence electrons. The molecule has 0 aliphatic carbocycles. The van der Waals surface area contributed by atoms with Crippen LogP contribution in [-0.2, 0) is 0 Å². The molecule has 0 unspecified atom stereocenters. The highest BCUT2D eigenvalue weighted by Crippen LogP contribution is 1.94. The van der Waals surface area contributed by atoms with Gasteiger partial charge in [0.2, 0.25) is 0 Å². The summed E-state index contributed by atoms with van der Waals surface area (Å²) < 4.78 is 0. The van der Waals surface area contributed by atoms with E-state index < -0.39 is 11.4 Å². The molecule has 0 aromatic carbocycles. The molecule has 0 radical (unpaired) electrons. The Bertz CT molecular complexity index is 565. The first-order valence-electron chi connectivity index (χ1n) is 5.05. The van der Waals surface area contributed by atoms with Crippen molar-refractivity contribution in [3.05, 3.63) is 33.4 Å². The van der Waals surface area contributed by atoms with Crippen molar-refractivity contribution in [3.8, 4) is 0 Å². The van der Waals surface area contributed by atoms with E-state index >= 15 is 0 Å². The van der Waals surface area contributed by atoms with Gasteiger partial charge < -0.3 is 10.6 Å². The summed E-state index contributed by atoms with van der Waals surface area (Å²) in [5.41, 5.74) is -1.04. The molecule has 0 amide bonds. The summed E-state index contributed by atoms with van der Waals surface area (Å²) in [4.78, 5) is 29.0.